The van der Waals surface area contributed by atoms with Crippen LogP contribution in [0.25, 0.3) is 11.3 Å². The van der Waals surface area contributed by atoms with Gasteiger partial charge in [0, 0.05) is 5.56 Å². The minimum absolute atomic E-state index is 0.0694. The summed E-state index contributed by atoms with van der Waals surface area (Å²) >= 11 is 0. The Morgan fingerprint density at radius 3 is 1.97 bits per heavy atom. The first-order valence-electron chi connectivity index (χ1n) is 8.71. The molecular weight excluding hydrogens is 430 g/mol. The van der Waals surface area contributed by atoms with E-state index in [4.69, 9.17) is 10.2 Å². The maximum atomic E-state index is 12.1. The molecule has 3 rings (SSSR count). The van der Waals surface area contributed by atoms with Crippen molar-refractivity contribution in [1.82, 2.24) is 9.97 Å². The molecule has 0 fully saturated rings. The Labute approximate surface area is 179 Å². The molecule has 0 saturated heterocycles. The van der Waals surface area contributed by atoms with Crippen LogP contribution in [0.5, 0.6) is 0 Å². The lowest BCUT2D eigenvalue weighted by molar-refractivity contribution is -0.864. The average Bonchev–Trinajstić information content (AvgIpc) is 3.09. The summed E-state index contributed by atoms with van der Waals surface area (Å²) in [7, 11) is 5.40. The molecule has 1 aliphatic rings. The fraction of sp³-hybridized carbons (Fsp3) is 0.211. The standard InChI is InChI=1S/C14H6N2O8.C5H11NO2/c17-10-4-2-6(14(23)24)15-8(4)7-3(12(19)20)1-5(13(21)22)16-9(7)11(10)18;1-6(2,3)4-5(7)8/h1-2,15H,(H,19,20)(H,21,22)(H,23,24);4H2,1-3H3. The number of aliphatic carboxylic acids is 1. The summed E-state index contributed by atoms with van der Waals surface area (Å²) in [6, 6.07) is 1.65. The van der Waals surface area contributed by atoms with E-state index in [1.807, 2.05) is 0 Å². The van der Waals surface area contributed by atoms with Gasteiger partial charge in [-0.15, -0.1) is 0 Å². The van der Waals surface area contributed by atoms with Gasteiger partial charge in [-0.1, -0.05) is 0 Å². The van der Waals surface area contributed by atoms with Crippen LogP contribution in [0.15, 0.2) is 12.1 Å². The van der Waals surface area contributed by atoms with Crippen molar-refractivity contribution in [3.8, 4) is 11.3 Å². The number of carbonyl (C=O) groups excluding carboxylic acids is 3. The number of ketones is 2. The van der Waals surface area contributed by atoms with Crippen LogP contribution >= 0.6 is 0 Å². The Kier molecular flexibility index (Phi) is 6.26. The van der Waals surface area contributed by atoms with Crippen LogP contribution in [0.4, 0.5) is 0 Å². The van der Waals surface area contributed by atoms with E-state index in [2.05, 4.69) is 9.97 Å². The number of carboxylic acid groups (broad SMARTS) is 4. The van der Waals surface area contributed by atoms with Gasteiger partial charge in [-0.25, -0.2) is 19.4 Å². The fourth-order valence-corrected chi connectivity index (χ4v) is 2.80. The Morgan fingerprint density at radius 2 is 1.56 bits per heavy atom. The molecule has 2 heterocycles. The van der Waals surface area contributed by atoms with Gasteiger partial charge in [-0.3, -0.25) is 9.59 Å². The summed E-state index contributed by atoms with van der Waals surface area (Å²) < 4.78 is 0.419. The second-order valence-electron chi connectivity index (χ2n) is 7.64. The highest BCUT2D eigenvalue weighted by Crippen LogP contribution is 2.35. The lowest BCUT2D eigenvalue weighted by atomic mass is 9.88. The Balaban J connectivity index is 0.000000390. The van der Waals surface area contributed by atoms with Crippen LogP contribution < -0.4 is 5.11 Å². The van der Waals surface area contributed by atoms with Crippen molar-refractivity contribution in [2.45, 2.75) is 0 Å². The minimum atomic E-state index is -1.58. The number of rotatable bonds is 5. The smallest absolute Gasteiger partial charge is 0.354 e. The van der Waals surface area contributed by atoms with Gasteiger partial charge in [0.15, 0.2) is 0 Å². The van der Waals surface area contributed by atoms with Crippen LogP contribution in [0, 0.1) is 0 Å². The number of carboxylic acids is 4. The highest BCUT2D eigenvalue weighted by molar-refractivity contribution is 6.52. The topological polar surface area (TPSA) is 215 Å². The lowest BCUT2D eigenvalue weighted by Gasteiger charge is -2.23. The van der Waals surface area contributed by atoms with Crippen LogP contribution in [0.1, 0.15) is 52.2 Å². The number of likely N-dealkylation sites (N-methyl/N-ethyl adjacent to an activating group) is 1. The first-order chi connectivity index (χ1) is 14.6. The normalized spacial score (nSPS) is 12.2. The monoisotopic (exact) mass is 447 g/mol. The summed E-state index contributed by atoms with van der Waals surface area (Å²) in [6.45, 7) is 0.0694. The average molecular weight is 447 g/mol. The van der Waals surface area contributed by atoms with Gasteiger partial charge in [-0.2, -0.15) is 0 Å². The molecule has 1 aliphatic carbocycles. The zero-order valence-electron chi connectivity index (χ0n) is 17.0. The number of aromatic nitrogens is 2. The number of H-pyrrole nitrogens is 1. The third kappa shape index (κ3) is 4.84. The van der Waals surface area contributed by atoms with Crippen molar-refractivity contribution in [2.75, 3.05) is 27.7 Å². The summed E-state index contributed by atoms with van der Waals surface area (Å²) in [4.78, 5) is 73.6. The number of nitrogens with one attached hydrogen (secondary N) is 1. The number of fused-ring (bicyclic) bond motifs is 3. The molecule has 0 aliphatic heterocycles. The quantitative estimate of drug-likeness (QED) is 0.322. The maximum absolute atomic E-state index is 12.1. The van der Waals surface area contributed by atoms with Gasteiger partial charge in [0.2, 0.25) is 5.78 Å². The summed E-state index contributed by atoms with van der Waals surface area (Å²) in [5.74, 6) is -7.87. The molecule has 0 atom stereocenters. The number of aromatic carboxylic acids is 3. The van der Waals surface area contributed by atoms with E-state index < -0.39 is 58.1 Å². The van der Waals surface area contributed by atoms with Crippen molar-refractivity contribution >= 4 is 35.4 Å². The third-order valence-electron chi connectivity index (χ3n) is 4.04. The molecule has 0 aromatic carbocycles. The SMILES string of the molecule is C[N+](C)(C)CC(=O)[O-].O=C(O)c1cc(C(=O)O)c2c(n1)C(=O)C(=O)c1cc(C(=O)O)[nH]c1-2. The van der Waals surface area contributed by atoms with E-state index in [0.717, 1.165) is 12.1 Å². The molecule has 0 amide bonds. The highest BCUT2D eigenvalue weighted by Gasteiger charge is 2.38. The number of carbonyl (C=O) groups is 6. The number of Topliss-reactive ketones (excluding diaryl/α,β-unsaturated/α-hetero) is 2. The van der Waals surface area contributed by atoms with Crippen LogP contribution in [0.3, 0.4) is 0 Å². The minimum Gasteiger partial charge on any atom is -0.544 e. The number of quaternary nitrogens is 1. The first kappa shape index (κ1) is 23.9. The number of aromatic amines is 1. The van der Waals surface area contributed by atoms with Crippen molar-refractivity contribution in [3.05, 3.63) is 40.3 Å². The third-order valence-corrected chi connectivity index (χ3v) is 4.04. The molecule has 32 heavy (non-hydrogen) atoms. The van der Waals surface area contributed by atoms with E-state index >= 15 is 0 Å². The van der Waals surface area contributed by atoms with Gasteiger partial charge in [0.05, 0.1) is 43.9 Å². The van der Waals surface area contributed by atoms with E-state index in [9.17, 15) is 39.0 Å². The number of hydrogen-bond donors (Lipinski definition) is 4. The van der Waals surface area contributed by atoms with Crippen molar-refractivity contribution in [3.63, 3.8) is 0 Å². The Hall–Kier alpha value is -4.39. The first-order valence-corrected chi connectivity index (χ1v) is 8.71. The molecule has 4 N–H and O–H groups in total. The van der Waals surface area contributed by atoms with Gasteiger partial charge in [-0.05, 0) is 12.1 Å². The molecule has 13 heteroatoms. The molecule has 0 saturated carbocycles. The molecular formula is C19H17N3O10. The Bertz CT molecular complexity index is 1190. The number of nitrogens with zero attached hydrogens (tertiary/aromatic N) is 2. The van der Waals surface area contributed by atoms with E-state index in [-0.39, 0.29) is 23.4 Å². The van der Waals surface area contributed by atoms with Crippen LogP contribution in [0.2, 0.25) is 0 Å². The van der Waals surface area contributed by atoms with E-state index in [1.165, 1.54) is 0 Å². The van der Waals surface area contributed by atoms with Crippen molar-refractivity contribution < 1.29 is 53.7 Å². The predicted octanol–water partition coefficient (Wildman–Crippen LogP) is -1.01. The molecule has 0 radical (unpaired) electrons. The summed E-state index contributed by atoms with van der Waals surface area (Å²) in [6.07, 6.45) is 0. The number of hydrogen-bond acceptors (Lipinski definition) is 8. The molecule has 2 aromatic heterocycles. The molecule has 0 unspecified atom stereocenters. The van der Waals surface area contributed by atoms with Crippen LogP contribution in [-0.4, -0.2) is 92.9 Å². The largest absolute Gasteiger partial charge is 0.544 e. The van der Waals surface area contributed by atoms with Gasteiger partial charge >= 0.3 is 17.9 Å². The fourth-order valence-electron chi connectivity index (χ4n) is 2.80. The number of pyridine rings is 1. The second-order valence-corrected chi connectivity index (χ2v) is 7.64. The van der Waals surface area contributed by atoms with Gasteiger partial charge in [0.25, 0.3) is 5.78 Å². The Morgan fingerprint density at radius 1 is 0.969 bits per heavy atom. The zero-order valence-corrected chi connectivity index (χ0v) is 17.0. The molecule has 13 nitrogen and oxygen atoms in total. The van der Waals surface area contributed by atoms with Gasteiger partial charge < -0.3 is 34.7 Å². The lowest BCUT2D eigenvalue weighted by Crippen LogP contribution is -2.45. The van der Waals surface area contributed by atoms with Crippen molar-refractivity contribution in [1.29, 1.82) is 0 Å². The molecule has 168 valence electrons. The van der Waals surface area contributed by atoms with Crippen LogP contribution in [-0.2, 0) is 4.79 Å². The predicted molar refractivity (Wildman–Crippen MR) is 101 cm³/mol. The highest BCUT2D eigenvalue weighted by atomic mass is 16.4. The summed E-state index contributed by atoms with van der Waals surface area (Å²) in [5, 5.41) is 37.2. The maximum Gasteiger partial charge on any atom is 0.354 e. The van der Waals surface area contributed by atoms with E-state index in [0.29, 0.717) is 4.48 Å². The van der Waals surface area contributed by atoms with Gasteiger partial charge in [0.1, 0.15) is 23.6 Å². The zero-order chi connectivity index (χ0) is 24.5. The van der Waals surface area contributed by atoms with E-state index in [1.54, 1.807) is 21.1 Å². The molecule has 0 spiro atoms. The summed E-state index contributed by atoms with van der Waals surface area (Å²) in [5.41, 5.74) is -3.21. The second kappa shape index (κ2) is 8.39. The molecule has 2 aromatic rings. The molecule has 0 bridgehead atoms. The van der Waals surface area contributed by atoms with Crippen molar-refractivity contribution in [2.24, 2.45) is 0 Å².